The number of nitrogens with one attached hydrogen (secondary N) is 1. The lowest BCUT2D eigenvalue weighted by atomic mass is 9.88. The van der Waals surface area contributed by atoms with Gasteiger partial charge in [-0.25, -0.2) is 0 Å². The van der Waals surface area contributed by atoms with Gasteiger partial charge in [-0.1, -0.05) is 43.7 Å². The average Bonchev–Trinajstić information content (AvgIpc) is 2.63. The second-order valence-corrected chi connectivity index (χ2v) is 5.12. The first kappa shape index (κ1) is 11.7. The molecular formula is C15H23N. The Labute approximate surface area is 99.3 Å². The van der Waals surface area contributed by atoms with Crippen LogP contribution in [0.4, 0.5) is 0 Å². The molecule has 1 aromatic carbocycles. The van der Waals surface area contributed by atoms with Gasteiger partial charge in [-0.15, -0.1) is 0 Å². The highest BCUT2D eigenvalue weighted by atomic mass is 14.9. The van der Waals surface area contributed by atoms with E-state index in [0.717, 1.165) is 24.4 Å². The molecular weight excluding hydrogens is 194 g/mol. The van der Waals surface area contributed by atoms with Crippen LogP contribution in [0.25, 0.3) is 0 Å². The molecule has 1 nitrogen and oxygen atoms in total. The summed E-state index contributed by atoms with van der Waals surface area (Å²) < 4.78 is 0. The monoisotopic (exact) mass is 217 g/mol. The summed E-state index contributed by atoms with van der Waals surface area (Å²) in [5.74, 6) is 1.52. The Morgan fingerprint density at radius 3 is 2.50 bits per heavy atom. The number of aryl methyl sites for hydroxylation is 1. The van der Waals surface area contributed by atoms with Crippen LogP contribution in [0.1, 0.15) is 43.7 Å². The molecule has 1 aliphatic carbocycles. The fourth-order valence-corrected chi connectivity index (χ4v) is 3.00. The maximum atomic E-state index is 3.61. The first-order valence-electron chi connectivity index (χ1n) is 6.52. The quantitative estimate of drug-likeness (QED) is 0.817. The molecule has 3 atom stereocenters. The fraction of sp³-hybridized carbons (Fsp3) is 0.600. The van der Waals surface area contributed by atoms with Gasteiger partial charge in [-0.2, -0.15) is 0 Å². The molecule has 88 valence electrons. The molecule has 0 amide bonds. The second-order valence-electron chi connectivity index (χ2n) is 5.12. The molecule has 0 bridgehead atoms. The zero-order chi connectivity index (χ0) is 11.5. The Bertz CT molecular complexity index is 328. The topological polar surface area (TPSA) is 12.0 Å². The Hall–Kier alpha value is -0.820. The van der Waals surface area contributed by atoms with E-state index in [9.17, 15) is 0 Å². The van der Waals surface area contributed by atoms with Gasteiger partial charge >= 0.3 is 0 Å². The molecule has 0 aromatic heterocycles. The number of hydrogen-bond acceptors (Lipinski definition) is 1. The zero-order valence-corrected chi connectivity index (χ0v) is 10.7. The molecule has 1 saturated carbocycles. The van der Waals surface area contributed by atoms with E-state index >= 15 is 0 Å². The summed E-state index contributed by atoms with van der Waals surface area (Å²) in [5, 5.41) is 3.61. The van der Waals surface area contributed by atoms with Crippen molar-refractivity contribution in [3.8, 4) is 0 Å². The van der Waals surface area contributed by atoms with Gasteiger partial charge in [0.2, 0.25) is 0 Å². The second kappa shape index (κ2) is 5.01. The normalized spacial score (nSPS) is 29.6. The van der Waals surface area contributed by atoms with E-state index in [4.69, 9.17) is 0 Å². The van der Waals surface area contributed by atoms with Crippen molar-refractivity contribution < 1.29 is 0 Å². The van der Waals surface area contributed by atoms with Crippen molar-refractivity contribution in [2.75, 3.05) is 6.54 Å². The van der Waals surface area contributed by atoms with Crippen LogP contribution in [0.2, 0.25) is 0 Å². The van der Waals surface area contributed by atoms with Gasteiger partial charge in [0, 0.05) is 6.04 Å². The largest absolute Gasteiger partial charge is 0.314 e. The van der Waals surface area contributed by atoms with Gasteiger partial charge in [-0.05, 0) is 43.7 Å². The van der Waals surface area contributed by atoms with Crippen LogP contribution in [0, 0.1) is 12.8 Å². The molecule has 0 saturated heterocycles. The minimum Gasteiger partial charge on any atom is -0.314 e. The lowest BCUT2D eigenvalue weighted by Gasteiger charge is -2.21. The Morgan fingerprint density at radius 2 is 1.88 bits per heavy atom. The van der Waals surface area contributed by atoms with Crippen molar-refractivity contribution in [3.63, 3.8) is 0 Å². The third-order valence-corrected chi connectivity index (χ3v) is 4.03. The SMILES string of the molecule is CCNC1CCC(c2ccc(C)cc2)C1C. The highest BCUT2D eigenvalue weighted by Gasteiger charge is 2.32. The van der Waals surface area contributed by atoms with Crippen molar-refractivity contribution in [1.29, 1.82) is 0 Å². The first-order chi connectivity index (χ1) is 7.72. The number of rotatable bonds is 3. The maximum Gasteiger partial charge on any atom is 0.00986 e. The molecule has 0 heterocycles. The van der Waals surface area contributed by atoms with Gasteiger partial charge in [0.15, 0.2) is 0 Å². The van der Waals surface area contributed by atoms with Crippen LogP contribution < -0.4 is 5.32 Å². The third-order valence-electron chi connectivity index (χ3n) is 4.03. The van der Waals surface area contributed by atoms with Crippen LogP contribution in [0.3, 0.4) is 0 Å². The highest BCUT2D eigenvalue weighted by molar-refractivity contribution is 5.26. The smallest absolute Gasteiger partial charge is 0.00986 e. The van der Waals surface area contributed by atoms with E-state index in [1.54, 1.807) is 0 Å². The Balaban J connectivity index is 2.08. The molecule has 1 N–H and O–H groups in total. The van der Waals surface area contributed by atoms with Crippen LogP contribution >= 0.6 is 0 Å². The van der Waals surface area contributed by atoms with Crippen molar-refractivity contribution >= 4 is 0 Å². The molecule has 16 heavy (non-hydrogen) atoms. The summed E-state index contributed by atoms with van der Waals surface area (Å²) in [4.78, 5) is 0. The average molecular weight is 217 g/mol. The lowest BCUT2D eigenvalue weighted by molar-refractivity contribution is 0.412. The summed E-state index contributed by atoms with van der Waals surface area (Å²) >= 11 is 0. The fourth-order valence-electron chi connectivity index (χ4n) is 3.00. The predicted molar refractivity (Wildman–Crippen MR) is 69.8 cm³/mol. The summed E-state index contributed by atoms with van der Waals surface area (Å²) in [6, 6.07) is 9.82. The molecule has 1 heteroatoms. The van der Waals surface area contributed by atoms with Crippen molar-refractivity contribution in [2.45, 2.75) is 45.6 Å². The van der Waals surface area contributed by atoms with Crippen LogP contribution in [0.15, 0.2) is 24.3 Å². The maximum absolute atomic E-state index is 3.61. The van der Waals surface area contributed by atoms with Crippen molar-refractivity contribution in [1.82, 2.24) is 5.32 Å². The van der Waals surface area contributed by atoms with Gasteiger partial charge in [0.05, 0.1) is 0 Å². The van der Waals surface area contributed by atoms with Crippen molar-refractivity contribution in [2.24, 2.45) is 5.92 Å². The third kappa shape index (κ3) is 2.30. The number of benzene rings is 1. The zero-order valence-electron chi connectivity index (χ0n) is 10.7. The minimum absolute atomic E-state index is 0.719. The number of hydrogen-bond donors (Lipinski definition) is 1. The van der Waals surface area contributed by atoms with E-state index in [-0.39, 0.29) is 0 Å². The van der Waals surface area contributed by atoms with Gasteiger partial charge in [-0.3, -0.25) is 0 Å². The van der Waals surface area contributed by atoms with Gasteiger partial charge in [0.25, 0.3) is 0 Å². The van der Waals surface area contributed by atoms with Gasteiger partial charge in [0.1, 0.15) is 0 Å². The molecule has 3 unspecified atom stereocenters. The van der Waals surface area contributed by atoms with E-state index in [1.165, 1.54) is 24.0 Å². The molecule has 0 radical (unpaired) electrons. The molecule has 1 fully saturated rings. The Morgan fingerprint density at radius 1 is 1.19 bits per heavy atom. The van der Waals surface area contributed by atoms with E-state index in [2.05, 4.69) is 50.4 Å². The predicted octanol–water partition coefficient (Wildman–Crippen LogP) is 3.49. The summed E-state index contributed by atoms with van der Waals surface area (Å²) in [7, 11) is 0. The van der Waals surface area contributed by atoms with E-state index < -0.39 is 0 Å². The molecule has 0 spiro atoms. The summed E-state index contributed by atoms with van der Waals surface area (Å²) in [5.41, 5.74) is 2.89. The van der Waals surface area contributed by atoms with Crippen LogP contribution in [-0.4, -0.2) is 12.6 Å². The van der Waals surface area contributed by atoms with Crippen LogP contribution in [-0.2, 0) is 0 Å². The molecule has 1 aromatic rings. The minimum atomic E-state index is 0.719. The molecule has 0 aliphatic heterocycles. The van der Waals surface area contributed by atoms with E-state index in [1.807, 2.05) is 0 Å². The molecule has 2 rings (SSSR count). The van der Waals surface area contributed by atoms with E-state index in [0.29, 0.717) is 0 Å². The standard InChI is InChI=1S/C15H23N/c1-4-16-15-10-9-14(12(15)3)13-7-5-11(2)6-8-13/h5-8,12,14-16H,4,9-10H2,1-3H3. The summed E-state index contributed by atoms with van der Waals surface area (Å²) in [6.07, 6.45) is 2.66. The molecule has 1 aliphatic rings. The van der Waals surface area contributed by atoms with Crippen LogP contribution in [0.5, 0.6) is 0 Å². The van der Waals surface area contributed by atoms with Crippen molar-refractivity contribution in [3.05, 3.63) is 35.4 Å². The van der Waals surface area contributed by atoms with Gasteiger partial charge < -0.3 is 5.32 Å². The highest BCUT2D eigenvalue weighted by Crippen LogP contribution is 2.39. The Kier molecular flexibility index (Phi) is 3.65. The summed E-state index contributed by atoms with van der Waals surface area (Å²) in [6.45, 7) is 7.84. The first-order valence-corrected chi connectivity index (χ1v) is 6.52. The lowest BCUT2D eigenvalue weighted by Crippen LogP contribution is -2.32.